The minimum Gasteiger partial charge on any atom is -0.361 e. The summed E-state index contributed by atoms with van der Waals surface area (Å²) in [6, 6.07) is 0. The lowest BCUT2D eigenvalue weighted by atomic mass is 10.4. The van der Waals surface area contributed by atoms with Gasteiger partial charge in [0.2, 0.25) is 5.65 Å². The maximum absolute atomic E-state index is 4.09. The van der Waals surface area contributed by atoms with Gasteiger partial charge >= 0.3 is 0 Å². The van der Waals surface area contributed by atoms with Gasteiger partial charge in [-0.3, -0.25) is 0 Å². The van der Waals surface area contributed by atoms with Gasteiger partial charge in [-0.2, -0.15) is 0 Å². The van der Waals surface area contributed by atoms with Gasteiger partial charge in [0.25, 0.3) is 0 Å². The molecule has 6 heteroatoms. The molecule has 0 aliphatic heterocycles. The third-order valence-electron chi connectivity index (χ3n) is 1.60. The monoisotopic (exact) mass is 176 g/mol. The summed E-state index contributed by atoms with van der Waals surface area (Å²) < 4.78 is 0. The van der Waals surface area contributed by atoms with Crippen molar-refractivity contribution in [3.05, 3.63) is 12.7 Å². The summed E-state index contributed by atoms with van der Waals surface area (Å²) in [5.74, 6) is 0.750. The van der Waals surface area contributed by atoms with Crippen LogP contribution in [0.5, 0.6) is 0 Å². The summed E-state index contributed by atoms with van der Waals surface area (Å²) in [6.45, 7) is 0. The number of fused-ring (bicyclic) bond motifs is 1. The average Bonchev–Trinajstić information content (AvgIpc) is 2.17. The van der Waals surface area contributed by atoms with E-state index in [0.717, 1.165) is 5.82 Å². The second kappa shape index (κ2) is 2.89. The Hall–Kier alpha value is -1.85. The van der Waals surface area contributed by atoms with Gasteiger partial charge in [0.1, 0.15) is 12.7 Å². The van der Waals surface area contributed by atoms with Crippen molar-refractivity contribution in [3.8, 4) is 0 Å². The van der Waals surface area contributed by atoms with Gasteiger partial charge in [-0.15, -0.1) is 10.2 Å². The molecular weight excluding hydrogens is 168 g/mol. The van der Waals surface area contributed by atoms with E-state index in [1.807, 2.05) is 19.0 Å². The molecule has 2 aromatic rings. The molecule has 13 heavy (non-hydrogen) atoms. The minimum absolute atomic E-state index is 0.515. The molecule has 0 aliphatic rings. The van der Waals surface area contributed by atoms with Crippen molar-refractivity contribution in [1.82, 2.24) is 25.1 Å². The van der Waals surface area contributed by atoms with E-state index in [9.17, 15) is 0 Å². The van der Waals surface area contributed by atoms with Crippen molar-refractivity contribution in [2.45, 2.75) is 0 Å². The summed E-state index contributed by atoms with van der Waals surface area (Å²) in [7, 11) is 3.79. The first kappa shape index (κ1) is 7.78. The number of hydrogen-bond acceptors (Lipinski definition) is 6. The van der Waals surface area contributed by atoms with Crippen LogP contribution in [-0.4, -0.2) is 39.2 Å². The van der Waals surface area contributed by atoms with Crippen LogP contribution in [0.4, 0.5) is 5.82 Å². The summed E-state index contributed by atoms with van der Waals surface area (Å²) in [5, 5.41) is 7.48. The highest BCUT2D eigenvalue weighted by atomic mass is 15.2. The molecule has 6 nitrogen and oxygen atoms in total. The van der Waals surface area contributed by atoms with Gasteiger partial charge in [0, 0.05) is 14.1 Å². The van der Waals surface area contributed by atoms with Crippen molar-refractivity contribution in [2.75, 3.05) is 19.0 Å². The van der Waals surface area contributed by atoms with Crippen molar-refractivity contribution in [1.29, 1.82) is 0 Å². The molecule has 66 valence electrons. The Morgan fingerprint density at radius 3 is 2.69 bits per heavy atom. The van der Waals surface area contributed by atoms with E-state index in [2.05, 4.69) is 25.1 Å². The molecule has 0 bridgehead atoms. The predicted molar refractivity (Wildman–Crippen MR) is 47.3 cm³/mol. The van der Waals surface area contributed by atoms with Gasteiger partial charge < -0.3 is 4.90 Å². The zero-order chi connectivity index (χ0) is 9.26. The first-order chi connectivity index (χ1) is 6.29. The lowest BCUT2D eigenvalue weighted by molar-refractivity contribution is 0.972. The number of rotatable bonds is 1. The highest BCUT2D eigenvalue weighted by Gasteiger charge is 2.06. The minimum atomic E-state index is 0.515. The average molecular weight is 176 g/mol. The second-order valence-corrected chi connectivity index (χ2v) is 2.72. The van der Waals surface area contributed by atoms with E-state index < -0.39 is 0 Å². The first-order valence-electron chi connectivity index (χ1n) is 3.75. The van der Waals surface area contributed by atoms with E-state index in [4.69, 9.17) is 0 Å². The molecule has 0 saturated carbocycles. The highest BCUT2D eigenvalue weighted by molar-refractivity contribution is 5.81. The smallest absolute Gasteiger partial charge is 0.205 e. The van der Waals surface area contributed by atoms with E-state index in [1.165, 1.54) is 12.7 Å². The molecule has 2 heterocycles. The third kappa shape index (κ3) is 1.26. The Labute approximate surface area is 74.7 Å². The van der Waals surface area contributed by atoms with E-state index in [-0.39, 0.29) is 0 Å². The van der Waals surface area contributed by atoms with Gasteiger partial charge in [0.05, 0.1) is 0 Å². The number of hydrogen-bond donors (Lipinski definition) is 0. The summed E-state index contributed by atoms with van der Waals surface area (Å²) in [4.78, 5) is 14.0. The molecule has 0 radical (unpaired) electrons. The Morgan fingerprint density at radius 2 is 1.92 bits per heavy atom. The Bertz CT molecular complexity index is 421. The quantitative estimate of drug-likeness (QED) is 0.603. The lowest BCUT2D eigenvalue weighted by Crippen LogP contribution is -2.12. The molecule has 0 aromatic carbocycles. The lowest BCUT2D eigenvalue weighted by Gasteiger charge is -2.10. The molecular formula is C7H8N6. The summed E-state index contributed by atoms with van der Waals surface area (Å²) in [5.41, 5.74) is 1.18. The van der Waals surface area contributed by atoms with Crippen molar-refractivity contribution < 1.29 is 0 Å². The van der Waals surface area contributed by atoms with Crippen LogP contribution in [0.15, 0.2) is 12.7 Å². The fraction of sp³-hybridized carbons (Fsp3) is 0.286. The molecule has 0 amide bonds. The molecule has 0 unspecified atom stereocenters. The fourth-order valence-corrected chi connectivity index (χ4v) is 1.04. The predicted octanol–water partition coefficient (Wildman–Crippen LogP) is -0.119. The van der Waals surface area contributed by atoms with Gasteiger partial charge in [-0.05, 0) is 0 Å². The standard InChI is InChI=1S/C7H8N6/c1-13(2)7-5-6(9-3-10-7)12-11-4-8-5/h3-4H,1-2H3. The number of nitrogens with zero attached hydrogens (tertiary/aromatic N) is 6. The molecule has 0 aliphatic carbocycles. The molecule has 0 saturated heterocycles. The van der Waals surface area contributed by atoms with Crippen LogP contribution in [0.3, 0.4) is 0 Å². The second-order valence-electron chi connectivity index (χ2n) is 2.72. The summed E-state index contributed by atoms with van der Waals surface area (Å²) >= 11 is 0. The fourth-order valence-electron chi connectivity index (χ4n) is 1.04. The Balaban J connectivity index is 2.76. The first-order valence-corrected chi connectivity index (χ1v) is 3.75. The zero-order valence-corrected chi connectivity index (χ0v) is 7.34. The normalized spacial score (nSPS) is 10.3. The maximum Gasteiger partial charge on any atom is 0.205 e. The van der Waals surface area contributed by atoms with E-state index in [0.29, 0.717) is 11.2 Å². The number of anilines is 1. The van der Waals surface area contributed by atoms with Crippen molar-refractivity contribution >= 4 is 17.0 Å². The molecule has 2 rings (SSSR count). The van der Waals surface area contributed by atoms with E-state index >= 15 is 0 Å². The van der Waals surface area contributed by atoms with Crippen LogP contribution in [-0.2, 0) is 0 Å². The van der Waals surface area contributed by atoms with Crippen LogP contribution in [0.2, 0.25) is 0 Å². The zero-order valence-electron chi connectivity index (χ0n) is 7.34. The van der Waals surface area contributed by atoms with Crippen LogP contribution < -0.4 is 4.90 Å². The van der Waals surface area contributed by atoms with Crippen LogP contribution in [0.1, 0.15) is 0 Å². The van der Waals surface area contributed by atoms with Gasteiger partial charge in [-0.25, -0.2) is 15.0 Å². The third-order valence-corrected chi connectivity index (χ3v) is 1.60. The largest absolute Gasteiger partial charge is 0.361 e. The molecule has 0 fully saturated rings. The maximum atomic E-state index is 4.09. The molecule has 0 N–H and O–H groups in total. The SMILES string of the molecule is CN(C)c1ncnc2nncnc12. The van der Waals surface area contributed by atoms with E-state index in [1.54, 1.807) is 0 Å². The topological polar surface area (TPSA) is 67.7 Å². The molecule has 0 spiro atoms. The van der Waals surface area contributed by atoms with Gasteiger partial charge in [-0.1, -0.05) is 0 Å². The Morgan fingerprint density at radius 1 is 1.08 bits per heavy atom. The molecule has 0 atom stereocenters. The summed E-state index contributed by atoms with van der Waals surface area (Å²) in [6.07, 6.45) is 2.84. The van der Waals surface area contributed by atoms with Crippen LogP contribution in [0, 0.1) is 0 Å². The van der Waals surface area contributed by atoms with Crippen LogP contribution >= 0.6 is 0 Å². The van der Waals surface area contributed by atoms with Gasteiger partial charge in [0.15, 0.2) is 11.3 Å². The molecule has 2 aromatic heterocycles. The number of aromatic nitrogens is 5. The van der Waals surface area contributed by atoms with Crippen molar-refractivity contribution in [2.24, 2.45) is 0 Å². The Kier molecular flexibility index (Phi) is 1.73. The highest BCUT2D eigenvalue weighted by Crippen LogP contribution is 2.14. The van der Waals surface area contributed by atoms with Crippen molar-refractivity contribution in [3.63, 3.8) is 0 Å². The van der Waals surface area contributed by atoms with Crippen LogP contribution in [0.25, 0.3) is 11.2 Å².